The predicted octanol–water partition coefficient (Wildman–Crippen LogP) is 4.14. The molecule has 182 valence electrons. The molecule has 1 aromatic rings. The normalized spacial score (nSPS) is 11.9. The molecule has 0 spiro atoms. The molecule has 0 saturated carbocycles. The van der Waals surface area contributed by atoms with Crippen LogP contribution in [0.5, 0.6) is 0 Å². The Balaban J connectivity index is 1.84. The summed E-state index contributed by atoms with van der Waals surface area (Å²) in [6, 6.07) is -0.969. The maximum atomic E-state index is 11.9. The van der Waals surface area contributed by atoms with Crippen molar-refractivity contribution in [1.29, 1.82) is 0 Å². The SMILES string of the molecule is CC(=O)CC[C@H](NC(=O)CCCCCCCCCCCCCCCc1nnn[nH]1)C(=O)O. The largest absolute Gasteiger partial charge is 0.480 e. The average molecular weight is 452 g/mol. The number of unbranched alkanes of at least 4 members (excludes halogenated alkanes) is 12. The van der Waals surface area contributed by atoms with E-state index in [1.54, 1.807) is 0 Å². The van der Waals surface area contributed by atoms with Gasteiger partial charge in [0.05, 0.1) is 0 Å². The number of Topliss-reactive ketones (excluding diaryl/α,β-unsaturated/α-hetero) is 1. The van der Waals surface area contributed by atoms with Crippen molar-refractivity contribution in [3.8, 4) is 0 Å². The fourth-order valence-electron chi connectivity index (χ4n) is 3.68. The lowest BCUT2D eigenvalue weighted by Gasteiger charge is -2.13. The van der Waals surface area contributed by atoms with Crippen LogP contribution in [0.2, 0.25) is 0 Å². The number of rotatable bonds is 21. The summed E-state index contributed by atoms with van der Waals surface area (Å²) in [5, 5.41) is 25.5. The zero-order chi connectivity index (χ0) is 23.4. The monoisotopic (exact) mass is 451 g/mol. The highest BCUT2D eigenvalue weighted by Crippen LogP contribution is 2.13. The number of hydrogen-bond donors (Lipinski definition) is 3. The molecule has 3 N–H and O–H groups in total. The van der Waals surface area contributed by atoms with E-state index < -0.39 is 12.0 Å². The van der Waals surface area contributed by atoms with Crippen LogP contribution in [0, 0.1) is 0 Å². The number of aromatic amines is 1. The second-order valence-electron chi connectivity index (χ2n) is 8.64. The summed E-state index contributed by atoms with van der Waals surface area (Å²) in [5.41, 5.74) is 0. The number of ketones is 1. The number of carboxylic acid groups (broad SMARTS) is 1. The van der Waals surface area contributed by atoms with Crippen LogP contribution in [0.4, 0.5) is 0 Å². The van der Waals surface area contributed by atoms with E-state index in [2.05, 4.69) is 25.9 Å². The molecule has 0 unspecified atom stereocenters. The third kappa shape index (κ3) is 15.5. The molecular formula is C23H41N5O4. The van der Waals surface area contributed by atoms with Crippen LogP contribution in [-0.4, -0.2) is 49.4 Å². The lowest BCUT2D eigenvalue weighted by molar-refractivity contribution is -0.142. The van der Waals surface area contributed by atoms with Crippen LogP contribution in [0.25, 0.3) is 0 Å². The molecule has 0 aromatic carbocycles. The Hall–Kier alpha value is -2.32. The van der Waals surface area contributed by atoms with Crippen LogP contribution < -0.4 is 5.32 Å². The first-order valence-electron chi connectivity index (χ1n) is 12.2. The van der Waals surface area contributed by atoms with Gasteiger partial charge in [-0.15, -0.1) is 5.10 Å². The van der Waals surface area contributed by atoms with Gasteiger partial charge in [-0.2, -0.15) is 0 Å². The quantitative estimate of drug-likeness (QED) is 0.239. The van der Waals surface area contributed by atoms with Crippen LogP contribution in [0.15, 0.2) is 0 Å². The maximum Gasteiger partial charge on any atom is 0.326 e. The van der Waals surface area contributed by atoms with Gasteiger partial charge in [0.1, 0.15) is 17.6 Å². The molecule has 0 fully saturated rings. The van der Waals surface area contributed by atoms with Crippen molar-refractivity contribution in [3.63, 3.8) is 0 Å². The number of aromatic nitrogens is 4. The standard InChI is InChI=1S/C23H41N5O4/c1-19(29)17-18-20(23(31)32)24-22(30)16-14-12-10-8-6-4-2-3-5-7-9-11-13-15-21-25-27-28-26-21/h20H,2-18H2,1H3,(H,24,30)(H,31,32)(H,25,26,27,28)/t20-/m0/s1. The average Bonchev–Trinajstić information content (AvgIpc) is 3.27. The number of hydrogen-bond acceptors (Lipinski definition) is 6. The Kier molecular flexibility index (Phi) is 15.8. The van der Waals surface area contributed by atoms with Gasteiger partial charge in [0.2, 0.25) is 5.91 Å². The second-order valence-corrected chi connectivity index (χ2v) is 8.64. The number of aryl methyl sites for hydroxylation is 1. The Morgan fingerprint density at radius 3 is 1.84 bits per heavy atom. The summed E-state index contributed by atoms with van der Waals surface area (Å²) in [6.07, 6.45) is 17.0. The number of amides is 1. The van der Waals surface area contributed by atoms with Crippen molar-refractivity contribution in [2.45, 2.75) is 122 Å². The molecule has 1 rings (SSSR count). The fourth-order valence-corrected chi connectivity index (χ4v) is 3.68. The molecule has 1 amide bonds. The zero-order valence-electron chi connectivity index (χ0n) is 19.6. The summed E-state index contributed by atoms with van der Waals surface area (Å²) in [4.78, 5) is 34.1. The van der Waals surface area contributed by atoms with Gasteiger partial charge < -0.3 is 15.2 Å². The first-order valence-corrected chi connectivity index (χ1v) is 12.2. The number of nitrogens with one attached hydrogen (secondary N) is 2. The van der Waals surface area contributed by atoms with Crippen LogP contribution in [0.3, 0.4) is 0 Å². The second kappa shape index (κ2) is 18.3. The molecule has 9 nitrogen and oxygen atoms in total. The van der Waals surface area contributed by atoms with Gasteiger partial charge in [-0.1, -0.05) is 70.6 Å². The van der Waals surface area contributed by atoms with Gasteiger partial charge in [-0.3, -0.25) is 4.79 Å². The molecule has 1 atom stereocenters. The van der Waals surface area contributed by atoms with Crippen LogP contribution in [-0.2, 0) is 20.8 Å². The summed E-state index contributed by atoms with van der Waals surface area (Å²) in [7, 11) is 0. The Bertz CT molecular complexity index is 636. The van der Waals surface area contributed by atoms with E-state index in [1.165, 1.54) is 64.7 Å². The summed E-state index contributed by atoms with van der Waals surface area (Å²) in [6.45, 7) is 1.42. The van der Waals surface area contributed by atoms with Gasteiger partial charge in [-0.05, 0) is 36.6 Å². The summed E-state index contributed by atoms with van der Waals surface area (Å²) in [5.74, 6) is -0.517. The molecule has 0 aliphatic heterocycles. The topological polar surface area (TPSA) is 138 Å². The van der Waals surface area contributed by atoms with Crippen LogP contribution >= 0.6 is 0 Å². The Morgan fingerprint density at radius 2 is 1.38 bits per heavy atom. The number of carbonyl (C=O) groups is 3. The van der Waals surface area contributed by atoms with Crippen molar-refractivity contribution in [3.05, 3.63) is 5.82 Å². The van der Waals surface area contributed by atoms with E-state index in [0.717, 1.165) is 37.9 Å². The van der Waals surface area contributed by atoms with E-state index >= 15 is 0 Å². The third-order valence-corrected chi connectivity index (χ3v) is 5.63. The third-order valence-electron chi connectivity index (χ3n) is 5.63. The zero-order valence-corrected chi connectivity index (χ0v) is 19.6. The highest BCUT2D eigenvalue weighted by Gasteiger charge is 2.19. The highest BCUT2D eigenvalue weighted by atomic mass is 16.4. The number of carboxylic acids is 1. The van der Waals surface area contributed by atoms with Gasteiger partial charge in [-0.25, -0.2) is 9.89 Å². The minimum Gasteiger partial charge on any atom is -0.480 e. The molecule has 0 bridgehead atoms. The first kappa shape index (κ1) is 27.7. The van der Waals surface area contributed by atoms with Gasteiger partial charge >= 0.3 is 5.97 Å². The first-order chi connectivity index (χ1) is 15.5. The number of H-pyrrole nitrogens is 1. The molecule has 1 aromatic heterocycles. The summed E-state index contributed by atoms with van der Waals surface area (Å²) >= 11 is 0. The number of carbonyl (C=O) groups excluding carboxylic acids is 2. The minimum absolute atomic E-state index is 0.0706. The smallest absolute Gasteiger partial charge is 0.326 e. The van der Waals surface area contributed by atoms with E-state index in [-0.39, 0.29) is 24.5 Å². The van der Waals surface area contributed by atoms with Crippen molar-refractivity contribution >= 4 is 17.7 Å². The minimum atomic E-state index is -1.08. The van der Waals surface area contributed by atoms with E-state index in [1.807, 2.05) is 0 Å². The van der Waals surface area contributed by atoms with Gasteiger partial charge in [0.25, 0.3) is 0 Å². The molecule has 1 heterocycles. The molecule has 0 radical (unpaired) electrons. The molecule has 9 heteroatoms. The van der Waals surface area contributed by atoms with Crippen molar-refractivity contribution in [2.75, 3.05) is 0 Å². The Labute approximate surface area is 191 Å². The van der Waals surface area contributed by atoms with Gasteiger partial charge in [0, 0.05) is 19.3 Å². The Morgan fingerprint density at radius 1 is 0.844 bits per heavy atom. The van der Waals surface area contributed by atoms with E-state index in [9.17, 15) is 14.4 Å². The van der Waals surface area contributed by atoms with Crippen molar-refractivity contribution < 1.29 is 19.5 Å². The van der Waals surface area contributed by atoms with Gasteiger partial charge in [0.15, 0.2) is 0 Å². The molecule has 0 saturated heterocycles. The van der Waals surface area contributed by atoms with Crippen molar-refractivity contribution in [2.24, 2.45) is 0 Å². The van der Waals surface area contributed by atoms with E-state index in [4.69, 9.17) is 5.11 Å². The van der Waals surface area contributed by atoms with E-state index in [0.29, 0.717) is 6.42 Å². The molecular weight excluding hydrogens is 410 g/mol. The highest BCUT2D eigenvalue weighted by molar-refractivity contribution is 5.84. The number of nitrogens with zero attached hydrogens (tertiary/aromatic N) is 3. The maximum absolute atomic E-state index is 11.9. The van der Waals surface area contributed by atoms with Crippen LogP contribution in [0.1, 0.15) is 115 Å². The lowest BCUT2D eigenvalue weighted by Crippen LogP contribution is -2.40. The molecule has 0 aliphatic carbocycles. The number of tetrazole rings is 1. The molecule has 0 aliphatic rings. The number of aliphatic carboxylic acids is 1. The van der Waals surface area contributed by atoms with Crippen molar-refractivity contribution in [1.82, 2.24) is 25.9 Å². The predicted molar refractivity (Wildman–Crippen MR) is 122 cm³/mol. The fraction of sp³-hybridized carbons (Fsp3) is 0.826. The summed E-state index contributed by atoms with van der Waals surface area (Å²) < 4.78 is 0. The lowest BCUT2D eigenvalue weighted by atomic mass is 10.0. The molecule has 32 heavy (non-hydrogen) atoms.